The molecule has 9 nitrogen and oxygen atoms in total. The van der Waals surface area contributed by atoms with Crippen molar-refractivity contribution in [2.75, 3.05) is 13.7 Å². The van der Waals surface area contributed by atoms with E-state index in [0.29, 0.717) is 35.4 Å². The fourth-order valence-corrected chi connectivity index (χ4v) is 6.51. The number of hydrogen-bond donors (Lipinski definition) is 3. The molecule has 0 aliphatic carbocycles. The number of sulfonamides is 1. The summed E-state index contributed by atoms with van der Waals surface area (Å²) in [5, 5.41) is 4.33. The van der Waals surface area contributed by atoms with Crippen molar-refractivity contribution in [1.82, 2.24) is 15.1 Å². The maximum absolute atomic E-state index is 13.8. The second kappa shape index (κ2) is 13.5. The van der Waals surface area contributed by atoms with Gasteiger partial charge in [-0.05, 0) is 75.8 Å². The van der Waals surface area contributed by atoms with Crippen molar-refractivity contribution < 1.29 is 22.8 Å². The van der Waals surface area contributed by atoms with Gasteiger partial charge < -0.3 is 11.1 Å². The van der Waals surface area contributed by atoms with E-state index < -0.39 is 39.0 Å². The summed E-state index contributed by atoms with van der Waals surface area (Å²) in [5.74, 6) is -0.991. The molecule has 0 fully saturated rings. The highest BCUT2D eigenvalue weighted by molar-refractivity contribution is 7.99. The monoisotopic (exact) mass is 612 g/mol. The lowest BCUT2D eigenvalue weighted by Crippen LogP contribution is -2.56. The van der Waals surface area contributed by atoms with Gasteiger partial charge in [-0.3, -0.25) is 14.4 Å². The van der Waals surface area contributed by atoms with Crippen LogP contribution in [0, 0.1) is 0 Å². The van der Waals surface area contributed by atoms with Crippen LogP contribution in [0.5, 0.6) is 0 Å². The van der Waals surface area contributed by atoms with Crippen molar-refractivity contribution >= 4 is 50.8 Å². The Kier molecular flexibility index (Phi) is 11.4. The van der Waals surface area contributed by atoms with Crippen LogP contribution >= 0.6 is 24.0 Å². The Morgan fingerprint density at radius 2 is 1.73 bits per heavy atom. The minimum atomic E-state index is -3.89. The largest absolute Gasteiger partial charge is 0.343 e. The van der Waals surface area contributed by atoms with E-state index >= 15 is 0 Å². The first-order chi connectivity index (χ1) is 18.2. The van der Waals surface area contributed by atoms with Crippen LogP contribution in [0.4, 0.5) is 0 Å². The molecule has 1 aliphatic rings. The van der Waals surface area contributed by atoms with Gasteiger partial charge in [0, 0.05) is 5.02 Å². The summed E-state index contributed by atoms with van der Waals surface area (Å²) in [6.07, 6.45) is 1.66. The van der Waals surface area contributed by atoms with Gasteiger partial charge in [-0.1, -0.05) is 54.1 Å². The van der Waals surface area contributed by atoms with Gasteiger partial charge in [-0.25, -0.2) is 18.2 Å². The zero-order valence-corrected chi connectivity index (χ0v) is 25.8. The summed E-state index contributed by atoms with van der Waals surface area (Å²) in [7, 11) is -2.55. The molecule has 12 heteroatoms. The molecule has 2 aromatic rings. The first kappa shape index (κ1) is 33.7. The molecule has 1 atom stereocenters. The lowest BCUT2D eigenvalue weighted by molar-refractivity contribution is -0.177. The summed E-state index contributed by atoms with van der Waals surface area (Å²) >= 11 is 6.02. The number of hydrogen-bond acceptors (Lipinski definition) is 6. The van der Waals surface area contributed by atoms with Crippen molar-refractivity contribution in [2.24, 2.45) is 5.73 Å². The van der Waals surface area contributed by atoms with Crippen molar-refractivity contribution in [2.45, 2.75) is 64.1 Å². The van der Waals surface area contributed by atoms with Crippen LogP contribution in [0.3, 0.4) is 0 Å². The molecule has 220 valence electrons. The number of carbonyl (C=O) groups excluding carboxylic acids is 2. The maximum atomic E-state index is 13.8. The van der Waals surface area contributed by atoms with Gasteiger partial charge in [0.05, 0.1) is 29.6 Å². The van der Waals surface area contributed by atoms with Gasteiger partial charge in [-0.15, -0.1) is 12.4 Å². The van der Waals surface area contributed by atoms with Gasteiger partial charge in [-0.2, -0.15) is 0 Å². The average Bonchev–Trinajstić information content (AvgIpc) is 3.04. The van der Waals surface area contributed by atoms with E-state index in [1.807, 2.05) is 30.3 Å². The van der Waals surface area contributed by atoms with Crippen LogP contribution in [0.1, 0.15) is 51.7 Å². The first-order valence-corrected chi connectivity index (χ1v) is 14.5. The molecule has 3 rings (SSSR count). The molecular weight excluding hydrogens is 575 g/mol. The molecule has 0 spiro atoms. The molecule has 0 aromatic heterocycles. The standard InChI is InChI=1S/C28H37ClN4O5S.ClH/c1-27(2,30)26(35)31-23(13-9-12-19-10-7-6-8-11-19)25(34)33(38-5)18-22-24(20-14-16-21(29)17-15-20)39(36,37)32-28(22,3)4;/h6-8,10-11,14-17,23,32H,9,12-13,18,30H2,1-5H3,(H,31,35);1H/t23-;/m1./s1. The number of benzene rings is 2. The number of carbonyl (C=O) groups is 2. The molecule has 0 saturated heterocycles. The number of aryl methyl sites for hydroxylation is 1. The molecule has 0 radical (unpaired) electrons. The third-order valence-corrected chi connectivity index (χ3v) is 8.60. The van der Waals surface area contributed by atoms with Gasteiger partial charge in [0.2, 0.25) is 15.9 Å². The lowest BCUT2D eigenvalue weighted by atomic mass is 9.92. The molecule has 4 N–H and O–H groups in total. The quantitative estimate of drug-likeness (QED) is 0.331. The van der Waals surface area contributed by atoms with Gasteiger partial charge >= 0.3 is 0 Å². The molecule has 1 heterocycles. The van der Waals surface area contributed by atoms with Gasteiger partial charge in [0.15, 0.2) is 0 Å². The van der Waals surface area contributed by atoms with Crippen LogP contribution in [-0.4, -0.2) is 56.1 Å². The van der Waals surface area contributed by atoms with E-state index in [0.717, 1.165) is 10.6 Å². The number of nitrogens with zero attached hydrogens (tertiary/aromatic N) is 1. The molecule has 2 amide bonds. The Morgan fingerprint density at radius 3 is 2.27 bits per heavy atom. The van der Waals surface area contributed by atoms with Crippen molar-refractivity contribution in [3.63, 3.8) is 0 Å². The predicted molar refractivity (Wildman–Crippen MR) is 160 cm³/mol. The number of amides is 2. The topological polar surface area (TPSA) is 131 Å². The Morgan fingerprint density at radius 1 is 1.12 bits per heavy atom. The third kappa shape index (κ3) is 8.28. The van der Waals surface area contributed by atoms with Crippen LogP contribution in [0.15, 0.2) is 60.2 Å². The van der Waals surface area contributed by atoms with Crippen molar-refractivity contribution in [3.8, 4) is 0 Å². The Bertz CT molecular complexity index is 1320. The fourth-order valence-electron chi connectivity index (χ4n) is 4.40. The minimum Gasteiger partial charge on any atom is -0.343 e. The SMILES string of the molecule is CON(CC1=C(c2ccc(Cl)cc2)S(=O)(=O)NC1(C)C)C(=O)[C@@H](CCCc1ccccc1)NC(=O)C(C)(C)N.Cl. The number of halogens is 2. The molecular formula is C28H38Cl2N4O5S. The number of nitrogens with two attached hydrogens (primary N) is 1. The Labute approximate surface area is 247 Å². The highest BCUT2D eigenvalue weighted by Crippen LogP contribution is 2.38. The van der Waals surface area contributed by atoms with E-state index in [9.17, 15) is 18.0 Å². The summed E-state index contributed by atoms with van der Waals surface area (Å²) in [6, 6.07) is 15.3. The predicted octanol–water partition coefficient (Wildman–Crippen LogP) is 3.82. The van der Waals surface area contributed by atoms with Gasteiger partial charge in [0.1, 0.15) is 6.04 Å². The van der Waals surface area contributed by atoms with Crippen LogP contribution in [0.25, 0.3) is 4.91 Å². The maximum Gasteiger partial charge on any atom is 0.268 e. The molecule has 40 heavy (non-hydrogen) atoms. The Balaban J connectivity index is 0.00000560. The molecule has 0 saturated carbocycles. The van der Waals surface area contributed by atoms with Crippen LogP contribution in [0.2, 0.25) is 5.02 Å². The molecule has 0 bridgehead atoms. The zero-order valence-electron chi connectivity index (χ0n) is 23.4. The average molecular weight is 614 g/mol. The molecule has 1 aliphatic heterocycles. The summed E-state index contributed by atoms with van der Waals surface area (Å²) in [5.41, 5.74) is 5.77. The number of nitrogens with one attached hydrogen (secondary N) is 2. The summed E-state index contributed by atoms with van der Waals surface area (Å²) < 4.78 is 29.0. The first-order valence-electron chi connectivity index (χ1n) is 12.7. The highest BCUT2D eigenvalue weighted by atomic mass is 35.5. The van der Waals surface area contributed by atoms with E-state index in [-0.39, 0.29) is 23.9 Å². The van der Waals surface area contributed by atoms with E-state index in [4.69, 9.17) is 22.2 Å². The van der Waals surface area contributed by atoms with Crippen molar-refractivity contribution in [1.29, 1.82) is 0 Å². The van der Waals surface area contributed by atoms with Crippen molar-refractivity contribution in [3.05, 3.63) is 76.3 Å². The van der Waals surface area contributed by atoms with E-state index in [1.165, 1.54) is 7.11 Å². The normalized spacial score (nSPS) is 16.7. The second-order valence-corrected chi connectivity index (χ2v) is 12.8. The summed E-state index contributed by atoms with van der Waals surface area (Å²) in [4.78, 5) is 32.1. The van der Waals surface area contributed by atoms with Crippen LogP contribution < -0.4 is 15.8 Å². The molecule has 2 aromatic carbocycles. The Hall–Kier alpha value is -2.47. The smallest absolute Gasteiger partial charge is 0.268 e. The number of rotatable bonds is 11. The minimum absolute atomic E-state index is 0. The van der Waals surface area contributed by atoms with E-state index in [2.05, 4.69) is 10.0 Å². The highest BCUT2D eigenvalue weighted by Gasteiger charge is 2.44. The van der Waals surface area contributed by atoms with Gasteiger partial charge in [0.25, 0.3) is 5.91 Å². The van der Waals surface area contributed by atoms with Crippen LogP contribution in [-0.2, 0) is 30.9 Å². The zero-order chi connectivity index (χ0) is 29.0. The fraction of sp³-hybridized carbons (Fsp3) is 0.429. The lowest BCUT2D eigenvalue weighted by Gasteiger charge is -2.31. The second-order valence-electron chi connectivity index (χ2n) is 10.7. The van der Waals surface area contributed by atoms with E-state index in [1.54, 1.807) is 52.0 Å². The number of hydroxylamine groups is 2. The third-order valence-electron chi connectivity index (χ3n) is 6.55. The molecule has 0 unspecified atom stereocenters. The summed E-state index contributed by atoms with van der Waals surface area (Å²) in [6.45, 7) is 6.41.